The second-order valence-electron chi connectivity index (χ2n) is 5.56. The molecule has 4 nitrogen and oxygen atoms in total. The van der Waals surface area contributed by atoms with Crippen molar-refractivity contribution in [2.75, 3.05) is 19.6 Å². The number of nitrogens with one attached hydrogen (secondary N) is 1. The quantitative estimate of drug-likeness (QED) is 0.892. The number of hydrogen-bond acceptors (Lipinski definition) is 3. The number of rotatable bonds is 2. The molecule has 98 valence electrons. The Balaban J connectivity index is 1.53. The zero-order valence-electron chi connectivity index (χ0n) is 10.6. The molecule has 1 amide bonds. The minimum absolute atomic E-state index is 0.0112. The lowest BCUT2D eigenvalue weighted by molar-refractivity contribution is 0.0924. The monoisotopic (exact) mass is 256 g/mol. The highest BCUT2D eigenvalue weighted by Gasteiger charge is 2.38. The number of benzene rings is 1. The average Bonchev–Trinajstić information content (AvgIpc) is 3.13. The molecule has 0 saturated carbocycles. The number of furan rings is 1. The van der Waals surface area contributed by atoms with Gasteiger partial charge < -0.3 is 14.6 Å². The van der Waals surface area contributed by atoms with E-state index >= 15 is 0 Å². The van der Waals surface area contributed by atoms with Crippen LogP contribution in [-0.4, -0.2) is 36.5 Å². The molecule has 2 bridgehead atoms. The molecule has 1 aromatic heterocycles. The summed E-state index contributed by atoms with van der Waals surface area (Å²) in [6.45, 7) is 3.33. The van der Waals surface area contributed by atoms with Gasteiger partial charge in [-0.05, 0) is 37.1 Å². The van der Waals surface area contributed by atoms with Gasteiger partial charge >= 0.3 is 0 Å². The fourth-order valence-electron chi connectivity index (χ4n) is 3.30. The van der Waals surface area contributed by atoms with Crippen LogP contribution in [0, 0.1) is 5.92 Å². The van der Waals surface area contributed by atoms with Gasteiger partial charge in [0.1, 0.15) is 5.58 Å². The molecule has 2 aliphatic rings. The molecule has 1 N–H and O–H groups in total. The summed E-state index contributed by atoms with van der Waals surface area (Å²) in [6.07, 6.45) is 2.86. The largest absolute Gasteiger partial charge is 0.464 e. The standard InChI is InChI=1S/C15H16N2O2/c18-15(16-13-9-17-5-3-12(13)8-17)11-2-1-10-4-6-19-14(10)7-11/h1-2,4,6-7,12-13H,3,5,8-9H2,(H,16,18)/t12?,13-/m1/s1. The fourth-order valence-corrected chi connectivity index (χ4v) is 3.30. The number of nitrogens with zero attached hydrogens (tertiary/aromatic N) is 1. The van der Waals surface area contributed by atoms with Crippen LogP contribution in [0.3, 0.4) is 0 Å². The predicted octanol–water partition coefficient (Wildman–Crippen LogP) is 1.87. The minimum Gasteiger partial charge on any atom is -0.464 e. The van der Waals surface area contributed by atoms with Crippen LogP contribution in [0.2, 0.25) is 0 Å². The van der Waals surface area contributed by atoms with Gasteiger partial charge in [0.25, 0.3) is 5.91 Å². The molecule has 0 spiro atoms. The normalized spacial score (nSPS) is 28.9. The summed E-state index contributed by atoms with van der Waals surface area (Å²) >= 11 is 0. The molecule has 1 aromatic carbocycles. The van der Waals surface area contributed by atoms with Gasteiger partial charge in [0, 0.05) is 30.1 Å². The third-order valence-electron chi connectivity index (χ3n) is 4.37. The number of carbonyl (C=O) groups excluding carboxylic acids is 1. The Labute approximate surface area is 111 Å². The summed E-state index contributed by atoms with van der Waals surface area (Å²) < 4.78 is 5.34. The second kappa shape index (κ2) is 4.10. The van der Waals surface area contributed by atoms with Gasteiger partial charge in [0.2, 0.25) is 0 Å². The molecule has 0 radical (unpaired) electrons. The average molecular weight is 256 g/mol. The molecular weight excluding hydrogens is 240 g/mol. The Morgan fingerprint density at radius 1 is 1.32 bits per heavy atom. The zero-order chi connectivity index (χ0) is 12.8. The number of hydrogen-bond donors (Lipinski definition) is 1. The van der Waals surface area contributed by atoms with Crippen molar-refractivity contribution in [3.05, 3.63) is 36.1 Å². The highest BCUT2D eigenvalue weighted by Crippen LogP contribution is 2.28. The number of piperidine rings is 1. The van der Waals surface area contributed by atoms with E-state index in [0.717, 1.165) is 24.1 Å². The zero-order valence-corrected chi connectivity index (χ0v) is 10.6. The van der Waals surface area contributed by atoms with Gasteiger partial charge in [-0.1, -0.05) is 6.07 Å². The lowest BCUT2D eigenvalue weighted by Crippen LogP contribution is -2.43. The van der Waals surface area contributed by atoms with Crippen LogP contribution < -0.4 is 5.32 Å². The molecule has 0 aliphatic carbocycles. The van der Waals surface area contributed by atoms with E-state index in [-0.39, 0.29) is 5.91 Å². The third kappa shape index (κ3) is 1.83. The number of carbonyl (C=O) groups is 1. The Kier molecular flexibility index (Phi) is 2.38. The summed E-state index contributed by atoms with van der Waals surface area (Å²) in [7, 11) is 0. The smallest absolute Gasteiger partial charge is 0.251 e. The van der Waals surface area contributed by atoms with Crippen LogP contribution in [-0.2, 0) is 0 Å². The van der Waals surface area contributed by atoms with E-state index in [2.05, 4.69) is 10.2 Å². The molecule has 2 unspecified atom stereocenters. The maximum Gasteiger partial charge on any atom is 0.251 e. The van der Waals surface area contributed by atoms with Crippen LogP contribution in [0.5, 0.6) is 0 Å². The van der Waals surface area contributed by atoms with E-state index in [9.17, 15) is 4.79 Å². The van der Waals surface area contributed by atoms with Crippen LogP contribution in [0.4, 0.5) is 0 Å². The lowest BCUT2D eigenvalue weighted by atomic mass is 9.99. The molecule has 2 aromatic rings. The van der Waals surface area contributed by atoms with Gasteiger partial charge in [0.15, 0.2) is 0 Å². The van der Waals surface area contributed by atoms with E-state index in [4.69, 9.17) is 4.42 Å². The van der Waals surface area contributed by atoms with E-state index in [1.165, 1.54) is 13.0 Å². The van der Waals surface area contributed by atoms with Crippen molar-refractivity contribution in [2.24, 2.45) is 5.92 Å². The summed E-state index contributed by atoms with van der Waals surface area (Å²) in [5, 5.41) is 4.19. The molecule has 4 rings (SSSR count). The predicted molar refractivity (Wildman–Crippen MR) is 72.0 cm³/mol. The van der Waals surface area contributed by atoms with Crippen molar-refractivity contribution in [2.45, 2.75) is 12.5 Å². The van der Waals surface area contributed by atoms with Crippen molar-refractivity contribution < 1.29 is 9.21 Å². The molecule has 3 heterocycles. The minimum atomic E-state index is 0.0112. The van der Waals surface area contributed by atoms with Gasteiger partial charge in [0.05, 0.1) is 6.26 Å². The number of amides is 1. The third-order valence-corrected chi connectivity index (χ3v) is 4.37. The first-order valence-corrected chi connectivity index (χ1v) is 6.80. The van der Waals surface area contributed by atoms with Crippen LogP contribution >= 0.6 is 0 Å². The lowest BCUT2D eigenvalue weighted by Gasteiger charge is -2.23. The van der Waals surface area contributed by atoms with Gasteiger partial charge in [-0.15, -0.1) is 0 Å². The van der Waals surface area contributed by atoms with Crippen LogP contribution in [0.25, 0.3) is 11.0 Å². The SMILES string of the molecule is O=C(N[C@@H]1CN2CCC1C2)c1ccc2ccoc2c1. The van der Waals surface area contributed by atoms with Crippen molar-refractivity contribution in [1.82, 2.24) is 10.2 Å². The molecule has 19 heavy (non-hydrogen) atoms. The van der Waals surface area contributed by atoms with E-state index < -0.39 is 0 Å². The Bertz CT molecular complexity index is 634. The maximum atomic E-state index is 12.3. The first kappa shape index (κ1) is 11.1. The van der Waals surface area contributed by atoms with Crippen molar-refractivity contribution in [3.63, 3.8) is 0 Å². The maximum absolute atomic E-state index is 12.3. The van der Waals surface area contributed by atoms with Gasteiger partial charge in [-0.25, -0.2) is 0 Å². The molecular formula is C15H16N2O2. The van der Waals surface area contributed by atoms with Crippen molar-refractivity contribution in [3.8, 4) is 0 Å². The van der Waals surface area contributed by atoms with Crippen molar-refractivity contribution in [1.29, 1.82) is 0 Å². The van der Waals surface area contributed by atoms with E-state index in [0.29, 0.717) is 17.5 Å². The highest BCUT2D eigenvalue weighted by molar-refractivity contribution is 5.97. The topological polar surface area (TPSA) is 45.5 Å². The van der Waals surface area contributed by atoms with E-state index in [1.54, 1.807) is 6.26 Å². The Hall–Kier alpha value is -1.81. The first-order chi connectivity index (χ1) is 9.29. The second-order valence-corrected chi connectivity index (χ2v) is 5.56. The molecule has 4 heteroatoms. The molecule has 2 fully saturated rings. The van der Waals surface area contributed by atoms with Crippen molar-refractivity contribution >= 4 is 16.9 Å². The number of fused-ring (bicyclic) bond motifs is 3. The van der Waals surface area contributed by atoms with Gasteiger partial charge in [-0.2, -0.15) is 0 Å². The summed E-state index contributed by atoms with van der Waals surface area (Å²) in [6, 6.07) is 7.82. The summed E-state index contributed by atoms with van der Waals surface area (Å²) in [4.78, 5) is 14.7. The molecule has 2 saturated heterocycles. The van der Waals surface area contributed by atoms with Crippen LogP contribution in [0.15, 0.2) is 34.9 Å². The Morgan fingerprint density at radius 3 is 3.05 bits per heavy atom. The van der Waals surface area contributed by atoms with Crippen LogP contribution in [0.1, 0.15) is 16.8 Å². The highest BCUT2D eigenvalue weighted by atomic mass is 16.3. The Morgan fingerprint density at radius 2 is 2.26 bits per heavy atom. The van der Waals surface area contributed by atoms with Gasteiger partial charge in [-0.3, -0.25) is 4.79 Å². The summed E-state index contributed by atoms with van der Waals surface area (Å²) in [5.74, 6) is 0.647. The molecule has 2 aliphatic heterocycles. The summed E-state index contributed by atoms with van der Waals surface area (Å²) in [5.41, 5.74) is 1.45. The van der Waals surface area contributed by atoms with E-state index in [1.807, 2.05) is 24.3 Å². The first-order valence-electron chi connectivity index (χ1n) is 6.80. The fraction of sp³-hybridized carbons (Fsp3) is 0.400. The molecule has 3 atom stereocenters.